The average molecular weight is 464 g/mol. The molecule has 3 amide bonds. The quantitative estimate of drug-likeness (QED) is 0.428. The highest BCUT2D eigenvalue weighted by atomic mass is 16.6. The lowest BCUT2D eigenvalue weighted by Gasteiger charge is -2.35. The summed E-state index contributed by atoms with van der Waals surface area (Å²) in [4.78, 5) is 40.7. The summed E-state index contributed by atoms with van der Waals surface area (Å²) in [6.07, 6.45) is 2.16. The Hall–Kier alpha value is -2.77. The van der Waals surface area contributed by atoms with Gasteiger partial charge in [0.15, 0.2) is 0 Å². The normalized spacial score (nSPS) is 13.2. The molecule has 1 aromatic carbocycles. The molecular weight excluding hydrogens is 422 g/mol. The number of phenolic OH excluding ortho intramolecular Hbond substituents is 1. The molecule has 8 heteroatoms. The molecule has 0 saturated carbocycles. The summed E-state index contributed by atoms with van der Waals surface area (Å²) in [7, 11) is 0. The van der Waals surface area contributed by atoms with E-state index in [1.54, 1.807) is 39.8 Å². The van der Waals surface area contributed by atoms with Gasteiger partial charge in [0.2, 0.25) is 11.8 Å². The Morgan fingerprint density at radius 1 is 1.12 bits per heavy atom. The van der Waals surface area contributed by atoms with Gasteiger partial charge >= 0.3 is 6.09 Å². The maximum absolute atomic E-state index is 13.6. The Bertz CT molecular complexity index is 788. The van der Waals surface area contributed by atoms with Crippen LogP contribution in [0.2, 0.25) is 0 Å². The molecule has 0 heterocycles. The Morgan fingerprint density at radius 3 is 2.30 bits per heavy atom. The monoisotopic (exact) mass is 463 g/mol. The zero-order valence-corrected chi connectivity index (χ0v) is 21.1. The minimum atomic E-state index is -0.946. The van der Waals surface area contributed by atoms with Crippen molar-refractivity contribution in [1.82, 2.24) is 15.5 Å². The number of nitrogens with zero attached hydrogens (tertiary/aromatic N) is 1. The molecule has 0 saturated heterocycles. The number of hydrogen-bond donors (Lipinski definition) is 3. The minimum absolute atomic E-state index is 0.00655. The molecule has 2 atom stereocenters. The van der Waals surface area contributed by atoms with Gasteiger partial charge in [-0.25, -0.2) is 4.79 Å². The summed E-state index contributed by atoms with van der Waals surface area (Å²) in [6.45, 7) is 13.5. The van der Waals surface area contributed by atoms with Crippen molar-refractivity contribution in [3.05, 3.63) is 29.8 Å². The number of phenols is 1. The van der Waals surface area contributed by atoms with E-state index in [-0.39, 0.29) is 24.1 Å². The van der Waals surface area contributed by atoms with Crippen molar-refractivity contribution in [2.24, 2.45) is 5.92 Å². The van der Waals surface area contributed by atoms with E-state index in [0.29, 0.717) is 12.1 Å². The Labute approximate surface area is 198 Å². The zero-order chi connectivity index (χ0) is 25.2. The molecule has 0 aliphatic rings. The maximum atomic E-state index is 13.6. The number of ether oxygens (including phenoxy) is 1. The molecule has 33 heavy (non-hydrogen) atoms. The SMILES string of the molecule is CCCCCNC(=O)C(c1cccc(O)c1)N(CC)C(=O)C(NC(=O)OC(C)(C)C)C(C)C. The molecule has 1 aromatic rings. The summed E-state index contributed by atoms with van der Waals surface area (Å²) in [6, 6.07) is 4.51. The van der Waals surface area contributed by atoms with E-state index in [4.69, 9.17) is 4.74 Å². The number of unbranched alkanes of at least 4 members (excludes halogenated alkanes) is 2. The van der Waals surface area contributed by atoms with Crippen molar-refractivity contribution in [3.8, 4) is 5.75 Å². The van der Waals surface area contributed by atoms with Gasteiger partial charge in [0.1, 0.15) is 23.4 Å². The predicted octanol–water partition coefficient (Wildman–Crippen LogP) is 4.14. The standard InChI is InChI=1S/C25H41N3O5/c1-8-10-11-15-26-22(30)21(18-13-12-14-19(29)16-18)28(9-2)23(31)20(17(3)4)27-24(32)33-25(5,6)7/h12-14,16-17,20-21,29H,8-11,15H2,1-7H3,(H,26,30)(H,27,32). The third kappa shape index (κ3) is 9.32. The smallest absolute Gasteiger partial charge is 0.408 e. The summed E-state index contributed by atoms with van der Waals surface area (Å²) >= 11 is 0. The largest absolute Gasteiger partial charge is 0.508 e. The summed E-state index contributed by atoms with van der Waals surface area (Å²) in [5.74, 6) is -0.953. The highest BCUT2D eigenvalue weighted by Gasteiger charge is 2.36. The van der Waals surface area contributed by atoms with Crippen molar-refractivity contribution in [2.75, 3.05) is 13.1 Å². The van der Waals surface area contributed by atoms with Gasteiger partial charge in [0.25, 0.3) is 0 Å². The number of amides is 3. The molecule has 0 aliphatic carbocycles. The maximum Gasteiger partial charge on any atom is 0.408 e. The Morgan fingerprint density at radius 2 is 1.79 bits per heavy atom. The first-order valence-corrected chi connectivity index (χ1v) is 11.8. The molecule has 1 rings (SSSR count). The van der Waals surface area contributed by atoms with Gasteiger partial charge < -0.3 is 25.4 Å². The number of benzene rings is 1. The molecule has 3 N–H and O–H groups in total. The Kier molecular flexibility index (Phi) is 11.2. The van der Waals surface area contributed by atoms with Crippen molar-refractivity contribution in [1.29, 1.82) is 0 Å². The van der Waals surface area contributed by atoms with Crippen molar-refractivity contribution >= 4 is 17.9 Å². The van der Waals surface area contributed by atoms with Crippen LogP contribution >= 0.6 is 0 Å². The van der Waals surface area contributed by atoms with Gasteiger partial charge in [-0.1, -0.05) is 45.7 Å². The second kappa shape index (κ2) is 13.1. The number of aromatic hydroxyl groups is 1. The lowest BCUT2D eigenvalue weighted by Crippen LogP contribution is -2.54. The van der Waals surface area contributed by atoms with Crippen LogP contribution in [0.1, 0.15) is 79.3 Å². The molecule has 8 nitrogen and oxygen atoms in total. The first-order valence-electron chi connectivity index (χ1n) is 11.8. The molecule has 0 aliphatic heterocycles. The molecule has 0 spiro atoms. The number of alkyl carbamates (subject to hydrolysis) is 1. The van der Waals surface area contributed by atoms with Gasteiger partial charge in [-0.05, 0) is 57.7 Å². The van der Waals surface area contributed by atoms with Crippen LogP contribution < -0.4 is 10.6 Å². The van der Waals surface area contributed by atoms with Crippen LogP contribution in [0.3, 0.4) is 0 Å². The molecule has 0 radical (unpaired) electrons. The van der Waals surface area contributed by atoms with Crippen molar-refractivity contribution in [2.45, 2.75) is 85.4 Å². The number of rotatable bonds is 11. The average Bonchev–Trinajstić information content (AvgIpc) is 2.71. The fourth-order valence-electron chi connectivity index (χ4n) is 3.44. The topological polar surface area (TPSA) is 108 Å². The first kappa shape index (κ1) is 28.3. The second-order valence-electron chi connectivity index (χ2n) is 9.49. The third-order valence-corrected chi connectivity index (χ3v) is 5.05. The number of carbonyl (C=O) groups excluding carboxylic acids is 3. The molecule has 0 fully saturated rings. The highest BCUT2D eigenvalue weighted by Crippen LogP contribution is 2.26. The lowest BCUT2D eigenvalue weighted by atomic mass is 9.98. The van der Waals surface area contributed by atoms with E-state index in [0.717, 1.165) is 19.3 Å². The van der Waals surface area contributed by atoms with E-state index < -0.39 is 29.7 Å². The van der Waals surface area contributed by atoms with Crippen LogP contribution in [0.5, 0.6) is 5.75 Å². The minimum Gasteiger partial charge on any atom is -0.508 e. The van der Waals surface area contributed by atoms with Crippen LogP contribution in [0.4, 0.5) is 4.79 Å². The third-order valence-electron chi connectivity index (χ3n) is 5.05. The van der Waals surface area contributed by atoms with Crippen LogP contribution in [0.15, 0.2) is 24.3 Å². The molecule has 0 aromatic heterocycles. The second-order valence-corrected chi connectivity index (χ2v) is 9.49. The summed E-state index contributed by atoms with van der Waals surface area (Å²) in [5.41, 5.74) is -0.209. The number of likely N-dealkylation sites (N-methyl/N-ethyl adjacent to an activating group) is 1. The zero-order valence-electron chi connectivity index (χ0n) is 21.1. The van der Waals surface area contributed by atoms with E-state index in [1.807, 2.05) is 13.8 Å². The molecular formula is C25H41N3O5. The number of carbonyl (C=O) groups is 3. The van der Waals surface area contributed by atoms with Gasteiger partial charge in [-0.2, -0.15) is 0 Å². The lowest BCUT2D eigenvalue weighted by molar-refractivity contribution is -0.143. The predicted molar refractivity (Wildman–Crippen MR) is 129 cm³/mol. The number of hydrogen-bond acceptors (Lipinski definition) is 5. The highest BCUT2D eigenvalue weighted by molar-refractivity contribution is 5.92. The van der Waals surface area contributed by atoms with Crippen LogP contribution in [-0.2, 0) is 14.3 Å². The van der Waals surface area contributed by atoms with E-state index in [1.165, 1.54) is 17.0 Å². The summed E-state index contributed by atoms with van der Waals surface area (Å²) in [5, 5.41) is 15.6. The van der Waals surface area contributed by atoms with Gasteiger partial charge in [0.05, 0.1) is 0 Å². The molecule has 186 valence electrons. The Balaban J connectivity index is 3.24. The van der Waals surface area contributed by atoms with Crippen LogP contribution in [0.25, 0.3) is 0 Å². The van der Waals surface area contributed by atoms with Gasteiger partial charge in [0, 0.05) is 13.1 Å². The first-order chi connectivity index (χ1) is 15.4. The van der Waals surface area contributed by atoms with E-state index in [9.17, 15) is 19.5 Å². The van der Waals surface area contributed by atoms with Crippen LogP contribution in [0, 0.1) is 5.92 Å². The van der Waals surface area contributed by atoms with Crippen LogP contribution in [-0.4, -0.2) is 52.6 Å². The molecule has 0 bridgehead atoms. The van der Waals surface area contributed by atoms with Gasteiger partial charge in [-0.3, -0.25) is 9.59 Å². The summed E-state index contributed by atoms with van der Waals surface area (Å²) < 4.78 is 5.33. The van der Waals surface area contributed by atoms with E-state index in [2.05, 4.69) is 17.6 Å². The van der Waals surface area contributed by atoms with Crippen molar-refractivity contribution < 1.29 is 24.2 Å². The van der Waals surface area contributed by atoms with E-state index >= 15 is 0 Å². The van der Waals surface area contributed by atoms with Gasteiger partial charge in [-0.15, -0.1) is 0 Å². The fraction of sp³-hybridized carbons (Fsp3) is 0.640. The van der Waals surface area contributed by atoms with Crippen molar-refractivity contribution in [3.63, 3.8) is 0 Å². The fourth-order valence-corrected chi connectivity index (χ4v) is 3.44. The number of nitrogens with one attached hydrogen (secondary N) is 2. The molecule has 2 unspecified atom stereocenters.